The van der Waals surface area contributed by atoms with Crippen LogP contribution in [0.4, 0.5) is 13.2 Å². The molecule has 0 saturated carbocycles. The maximum absolute atomic E-state index is 13.0. The maximum Gasteiger partial charge on any atom is 0.416 e. The molecular weight excluding hydrogens is 383 g/mol. The monoisotopic (exact) mass is 395 g/mol. The minimum Gasteiger partial charge on any atom is -0.366 e. The third-order valence-corrected chi connectivity index (χ3v) is 4.57. The molecule has 0 spiro atoms. The van der Waals surface area contributed by atoms with Crippen LogP contribution in [0.5, 0.6) is 0 Å². The van der Waals surface area contributed by atoms with Gasteiger partial charge in [0.2, 0.25) is 5.91 Å². The summed E-state index contributed by atoms with van der Waals surface area (Å²) >= 11 is 0.989. The van der Waals surface area contributed by atoms with Gasteiger partial charge in [-0.2, -0.15) is 18.3 Å². The Labute approximate surface area is 154 Å². The summed E-state index contributed by atoms with van der Waals surface area (Å²) in [5.74, 6) is -1.12. The summed E-state index contributed by atoms with van der Waals surface area (Å²) in [7, 11) is 0. The average Bonchev–Trinajstić information content (AvgIpc) is 3.30. The van der Waals surface area contributed by atoms with Gasteiger partial charge in [0.1, 0.15) is 12.4 Å². The molecule has 0 fully saturated rings. The third kappa shape index (κ3) is 4.14. The first kappa shape index (κ1) is 18.6. The van der Waals surface area contributed by atoms with Crippen LogP contribution in [0.2, 0.25) is 0 Å². The van der Waals surface area contributed by atoms with Gasteiger partial charge in [0, 0.05) is 5.38 Å². The van der Waals surface area contributed by atoms with E-state index in [1.54, 1.807) is 0 Å². The Bertz CT molecular complexity index is 969. The van der Waals surface area contributed by atoms with Crippen LogP contribution in [0.15, 0.2) is 42.0 Å². The Morgan fingerprint density at radius 2 is 2.04 bits per heavy atom. The Balaban J connectivity index is 1.93. The van der Waals surface area contributed by atoms with E-state index in [-0.39, 0.29) is 21.8 Å². The number of thiophene rings is 1. The number of rotatable bonds is 5. The van der Waals surface area contributed by atoms with E-state index in [0.717, 1.165) is 23.5 Å². The normalized spacial score (nSPS) is 12.6. The Morgan fingerprint density at radius 3 is 2.63 bits per heavy atom. The van der Waals surface area contributed by atoms with Crippen LogP contribution in [0, 0.1) is 0 Å². The quantitative estimate of drug-likeness (QED) is 0.616. The summed E-state index contributed by atoms with van der Waals surface area (Å²) in [5.41, 5.74) is 4.64. The molecule has 4 N–H and O–H groups in total. The number of carbonyl (C=O) groups excluding carboxylic acids is 2. The molecule has 27 heavy (non-hydrogen) atoms. The van der Waals surface area contributed by atoms with Gasteiger partial charge in [0.05, 0.1) is 16.0 Å². The van der Waals surface area contributed by atoms with Crippen LogP contribution in [-0.4, -0.2) is 27.0 Å². The number of amides is 2. The molecule has 0 saturated heterocycles. The van der Waals surface area contributed by atoms with Crippen LogP contribution in [0.1, 0.15) is 43.0 Å². The van der Waals surface area contributed by atoms with Crippen molar-refractivity contribution in [2.75, 3.05) is 0 Å². The molecule has 2 aromatic heterocycles. The number of primary amides is 1. The fraction of sp³-hybridized carbons (Fsp3) is 0.125. The fourth-order valence-electron chi connectivity index (χ4n) is 2.34. The van der Waals surface area contributed by atoms with Gasteiger partial charge in [0.15, 0.2) is 5.82 Å². The van der Waals surface area contributed by atoms with E-state index in [0.29, 0.717) is 0 Å². The standard InChI is InChI=1S/C16H12F3N5O2S/c17-16(18,19)10-3-1-2-8(4-10)12(14-21-7-22-24-14)23-15(26)11-5-9(6-27-11)13(20)25/h1-7,12H,(H2,20,25)(H,23,26)(H,21,22,24)/t12-/m1/s1. The van der Waals surface area contributed by atoms with Crippen molar-refractivity contribution in [3.8, 4) is 0 Å². The second-order valence-electron chi connectivity index (χ2n) is 5.46. The molecule has 1 aromatic carbocycles. The number of H-pyrrole nitrogens is 1. The molecule has 0 aliphatic rings. The largest absolute Gasteiger partial charge is 0.416 e. The molecule has 0 aliphatic heterocycles. The smallest absolute Gasteiger partial charge is 0.366 e. The van der Waals surface area contributed by atoms with E-state index in [1.807, 2.05) is 0 Å². The lowest BCUT2D eigenvalue weighted by molar-refractivity contribution is -0.137. The van der Waals surface area contributed by atoms with Gasteiger partial charge in [-0.3, -0.25) is 14.7 Å². The molecule has 11 heteroatoms. The average molecular weight is 395 g/mol. The summed E-state index contributed by atoms with van der Waals surface area (Å²) in [5, 5.41) is 10.2. The van der Waals surface area contributed by atoms with Gasteiger partial charge in [-0.15, -0.1) is 11.3 Å². The highest BCUT2D eigenvalue weighted by atomic mass is 32.1. The molecule has 0 bridgehead atoms. The number of hydrogen-bond donors (Lipinski definition) is 3. The zero-order chi connectivity index (χ0) is 19.6. The topological polar surface area (TPSA) is 114 Å². The first-order chi connectivity index (χ1) is 12.8. The summed E-state index contributed by atoms with van der Waals surface area (Å²) in [6, 6.07) is 4.85. The number of alkyl halides is 3. The SMILES string of the molecule is NC(=O)c1csc(C(=O)N[C@H](c2cccc(C(F)(F)F)c2)c2ncn[nH]2)c1. The van der Waals surface area contributed by atoms with E-state index in [1.165, 1.54) is 29.9 Å². The highest BCUT2D eigenvalue weighted by molar-refractivity contribution is 7.12. The molecule has 2 heterocycles. The maximum atomic E-state index is 13.0. The van der Waals surface area contributed by atoms with E-state index >= 15 is 0 Å². The second kappa shape index (κ2) is 7.19. The number of hydrogen-bond acceptors (Lipinski definition) is 5. The number of benzene rings is 1. The Morgan fingerprint density at radius 1 is 1.26 bits per heavy atom. The molecule has 3 rings (SSSR count). The minimum atomic E-state index is -4.53. The fourth-order valence-corrected chi connectivity index (χ4v) is 3.14. The minimum absolute atomic E-state index is 0.161. The van der Waals surface area contributed by atoms with Crippen molar-refractivity contribution in [3.05, 3.63) is 69.4 Å². The molecule has 1 atom stereocenters. The number of carbonyl (C=O) groups is 2. The summed E-state index contributed by atoms with van der Waals surface area (Å²) < 4.78 is 39.0. The second-order valence-corrected chi connectivity index (χ2v) is 6.38. The van der Waals surface area contributed by atoms with Crippen molar-refractivity contribution < 1.29 is 22.8 Å². The predicted molar refractivity (Wildman–Crippen MR) is 90.0 cm³/mol. The van der Waals surface area contributed by atoms with Crippen molar-refractivity contribution in [1.82, 2.24) is 20.5 Å². The number of nitrogens with two attached hydrogens (primary N) is 1. The van der Waals surface area contributed by atoms with Crippen molar-refractivity contribution in [2.45, 2.75) is 12.2 Å². The van der Waals surface area contributed by atoms with Crippen LogP contribution in [-0.2, 0) is 6.18 Å². The van der Waals surface area contributed by atoms with Gasteiger partial charge in [-0.25, -0.2) is 4.98 Å². The Hall–Kier alpha value is -3.21. The zero-order valence-electron chi connectivity index (χ0n) is 13.4. The van der Waals surface area contributed by atoms with E-state index in [4.69, 9.17) is 5.73 Å². The highest BCUT2D eigenvalue weighted by Crippen LogP contribution is 2.31. The molecular formula is C16H12F3N5O2S. The molecule has 0 unspecified atom stereocenters. The van der Waals surface area contributed by atoms with Gasteiger partial charge in [-0.1, -0.05) is 12.1 Å². The number of nitrogens with one attached hydrogen (secondary N) is 2. The lowest BCUT2D eigenvalue weighted by atomic mass is 10.0. The van der Waals surface area contributed by atoms with Crippen molar-refractivity contribution >= 4 is 23.2 Å². The molecule has 7 nitrogen and oxygen atoms in total. The van der Waals surface area contributed by atoms with Crippen molar-refractivity contribution in [2.24, 2.45) is 5.73 Å². The first-order valence-corrected chi connectivity index (χ1v) is 8.35. The number of aromatic nitrogens is 3. The number of halogens is 3. The van der Waals surface area contributed by atoms with Gasteiger partial charge in [0.25, 0.3) is 5.91 Å². The van der Waals surface area contributed by atoms with Crippen LogP contribution >= 0.6 is 11.3 Å². The van der Waals surface area contributed by atoms with E-state index in [2.05, 4.69) is 20.5 Å². The first-order valence-electron chi connectivity index (χ1n) is 7.47. The van der Waals surface area contributed by atoms with Crippen LogP contribution in [0.25, 0.3) is 0 Å². The summed E-state index contributed by atoms with van der Waals surface area (Å²) in [4.78, 5) is 27.8. The summed E-state index contributed by atoms with van der Waals surface area (Å²) in [6.07, 6.45) is -3.35. The lowest BCUT2D eigenvalue weighted by Gasteiger charge is -2.18. The van der Waals surface area contributed by atoms with Crippen LogP contribution < -0.4 is 11.1 Å². The molecule has 2 amide bonds. The van der Waals surface area contributed by atoms with Gasteiger partial charge >= 0.3 is 6.18 Å². The van der Waals surface area contributed by atoms with E-state index < -0.39 is 29.6 Å². The number of nitrogens with zero attached hydrogens (tertiary/aromatic N) is 2. The molecule has 3 aromatic rings. The third-order valence-electron chi connectivity index (χ3n) is 3.64. The van der Waals surface area contributed by atoms with Gasteiger partial charge in [-0.05, 0) is 23.8 Å². The van der Waals surface area contributed by atoms with Crippen LogP contribution in [0.3, 0.4) is 0 Å². The molecule has 0 radical (unpaired) electrons. The number of aromatic amines is 1. The summed E-state index contributed by atoms with van der Waals surface area (Å²) in [6.45, 7) is 0. The van der Waals surface area contributed by atoms with Gasteiger partial charge < -0.3 is 11.1 Å². The molecule has 140 valence electrons. The van der Waals surface area contributed by atoms with E-state index in [9.17, 15) is 22.8 Å². The lowest BCUT2D eigenvalue weighted by Crippen LogP contribution is -2.30. The van der Waals surface area contributed by atoms with Crippen molar-refractivity contribution in [3.63, 3.8) is 0 Å². The Kier molecular flexibility index (Phi) is 4.95. The van der Waals surface area contributed by atoms with Crippen molar-refractivity contribution in [1.29, 1.82) is 0 Å². The highest BCUT2D eigenvalue weighted by Gasteiger charge is 2.32. The predicted octanol–water partition coefficient (Wildman–Crippen LogP) is 2.50. The zero-order valence-corrected chi connectivity index (χ0v) is 14.3. The molecule has 0 aliphatic carbocycles.